The monoisotopic (exact) mass is 260 g/mol. The highest BCUT2D eigenvalue weighted by molar-refractivity contribution is 5.82. The van der Waals surface area contributed by atoms with Gasteiger partial charge in [-0.15, -0.1) is 0 Å². The number of hydrogen-bond acceptors (Lipinski definition) is 3. The second-order valence-corrected chi connectivity index (χ2v) is 4.94. The maximum absolute atomic E-state index is 11.5. The minimum Gasteiger partial charge on any atom is -0.480 e. The van der Waals surface area contributed by atoms with E-state index in [-0.39, 0.29) is 11.8 Å². The Balaban J connectivity index is 4.06. The van der Waals surface area contributed by atoms with Crippen molar-refractivity contribution in [2.75, 3.05) is 20.3 Å². The summed E-state index contributed by atoms with van der Waals surface area (Å²) >= 11 is 0. The lowest BCUT2D eigenvalue weighted by atomic mass is 10.0. The zero-order valence-corrected chi connectivity index (χ0v) is 11.5. The van der Waals surface area contributed by atoms with Crippen LogP contribution < -0.4 is 10.6 Å². The molecule has 106 valence electrons. The van der Waals surface area contributed by atoms with E-state index in [1.807, 2.05) is 20.8 Å². The molecule has 0 aliphatic heterocycles. The summed E-state index contributed by atoms with van der Waals surface area (Å²) in [5.41, 5.74) is 0. The molecular weight excluding hydrogens is 236 g/mol. The summed E-state index contributed by atoms with van der Waals surface area (Å²) in [6, 6.07) is -1.30. The fraction of sp³-hybridized carbons (Fsp3) is 0.833. The third kappa shape index (κ3) is 7.89. The molecule has 3 N–H and O–H groups in total. The molecule has 2 amide bonds. The number of nitrogens with one attached hydrogen (secondary N) is 2. The number of carbonyl (C=O) groups is 2. The van der Waals surface area contributed by atoms with Crippen molar-refractivity contribution in [1.29, 1.82) is 0 Å². The van der Waals surface area contributed by atoms with Crippen LogP contribution in [0, 0.1) is 11.8 Å². The molecule has 2 atom stereocenters. The molecule has 0 heterocycles. The van der Waals surface area contributed by atoms with Crippen LogP contribution in [-0.2, 0) is 9.53 Å². The zero-order chi connectivity index (χ0) is 14.1. The molecule has 1 unspecified atom stereocenters. The van der Waals surface area contributed by atoms with E-state index in [0.717, 1.165) is 0 Å². The quantitative estimate of drug-likeness (QED) is 0.609. The van der Waals surface area contributed by atoms with Crippen LogP contribution in [0.25, 0.3) is 0 Å². The van der Waals surface area contributed by atoms with E-state index < -0.39 is 18.0 Å². The summed E-state index contributed by atoms with van der Waals surface area (Å²) in [5, 5.41) is 14.1. The topological polar surface area (TPSA) is 87.7 Å². The van der Waals surface area contributed by atoms with E-state index >= 15 is 0 Å². The van der Waals surface area contributed by atoms with Gasteiger partial charge in [0.25, 0.3) is 0 Å². The van der Waals surface area contributed by atoms with E-state index in [1.165, 1.54) is 0 Å². The highest BCUT2D eigenvalue weighted by atomic mass is 16.5. The third-order valence-corrected chi connectivity index (χ3v) is 2.37. The Bertz CT molecular complexity index is 269. The minimum atomic E-state index is -1.01. The number of methoxy groups -OCH3 is 1. The molecule has 0 spiro atoms. The van der Waals surface area contributed by atoms with Crippen molar-refractivity contribution in [3.8, 4) is 0 Å². The lowest BCUT2D eigenvalue weighted by molar-refractivity contribution is -0.139. The molecule has 0 fully saturated rings. The van der Waals surface area contributed by atoms with Crippen molar-refractivity contribution in [2.45, 2.75) is 33.2 Å². The van der Waals surface area contributed by atoms with Crippen LogP contribution in [0.2, 0.25) is 0 Å². The van der Waals surface area contributed by atoms with Gasteiger partial charge in [-0.2, -0.15) is 0 Å². The number of aliphatic carboxylic acids is 1. The van der Waals surface area contributed by atoms with Gasteiger partial charge in [0.1, 0.15) is 6.04 Å². The minimum absolute atomic E-state index is 0.189. The average Bonchev–Trinajstić information content (AvgIpc) is 2.25. The molecule has 0 aliphatic carbocycles. The predicted octanol–water partition coefficient (Wildman–Crippen LogP) is 1.07. The molecule has 6 heteroatoms. The number of hydrogen-bond donors (Lipinski definition) is 3. The second kappa shape index (κ2) is 8.74. The van der Waals surface area contributed by atoms with Crippen molar-refractivity contribution >= 4 is 12.0 Å². The van der Waals surface area contributed by atoms with Gasteiger partial charge < -0.3 is 20.5 Å². The number of carbonyl (C=O) groups excluding carboxylic acids is 1. The van der Waals surface area contributed by atoms with Crippen LogP contribution in [0.3, 0.4) is 0 Å². The Morgan fingerprint density at radius 3 is 2.33 bits per heavy atom. The summed E-state index contributed by atoms with van der Waals surface area (Å²) in [6.07, 6.45) is 0.413. The molecule has 0 saturated carbocycles. The largest absolute Gasteiger partial charge is 0.480 e. The van der Waals surface area contributed by atoms with Crippen molar-refractivity contribution in [1.82, 2.24) is 10.6 Å². The van der Waals surface area contributed by atoms with Crippen LogP contribution in [0.5, 0.6) is 0 Å². The van der Waals surface area contributed by atoms with Crippen LogP contribution in [0.4, 0.5) is 4.79 Å². The first kappa shape index (κ1) is 16.7. The highest BCUT2D eigenvalue weighted by Gasteiger charge is 2.20. The van der Waals surface area contributed by atoms with Gasteiger partial charge in [-0.25, -0.2) is 9.59 Å². The molecule has 0 saturated heterocycles. The van der Waals surface area contributed by atoms with Gasteiger partial charge in [-0.1, -0.05) is 20.8 Å². The highest BCUT2D eigenvalue weighted by Crippen LogP contribution is 2.04. The molecule has 0 rings (SSSR count). The summed E-state index contributed by atoms with van der Waals surface area (Å²) < 4.78 is 4.94. The molecular formula is C12H24N2O4. The summed E-state index contributed by atoms with van der Waals surface area (Å²) in [4.78, 5) is 22.5. The molecule has 18 heavy (non-hydrogen) atoms. The van der Waals surface area contributed by atoms with Crippen LogP contribution >= 0.6 is 0 Å². The molecule has 6 nitrogen and oxygen atoms in total. The van der Waals surface area contributed by atoms with E-state index in [1.54, 1.807) is 7.11 Å². The lowest BCUT2D eigenvalue weighted by Gasteiger charge is -2.18. The maximum atomic E-state index is 11.5. The van der Waals surface area contributed by atoms with Gasteiger partial charge in [0, 0.05) is 13.7 Å². The fourth-order valence-corrected chi connectivity index (χ4v) is 1.51. The zero-order valence-electron chi connectivity index (χ0n) is 11.5. The van der Waals surface area contributed by atoms with E-state index in [2.05, 4.69) is 10.6 Å². The van der Waals surface area contributed by atoms with E-state index in [4.69, 9.17) is 9.84 Å². The van der Waals surface area contributed by atoms with Crippen LogP contribution in [-0.4, -0.2) is 43.4 Å². The Morgan fingerprint density at radius 1 is 1.28 bits per heavy atom. The first-order valence-corrected chi connectivity index (χ1v) is 6.12. The van der Waals surface area contributed by atoms with Crippen molar-refractivity contribution in [2.24, 2.45) is 11.8 Å². The molecule has 0 aliphatic rings. The second-order valence-electron chi connectivity index (χ2n) is 4.94. The maximum Gasteiger partial charge on any atom is 0.326 e. The Hall–Kier alpha value is -1.30. The first-order chi connectivity index (χ1) is 8.36. The van der Waals surface area contributed by atoms with Gasteiger partial charge in [0.15, 0.2) is 0 Å². The SMILES string of the molecule is COCC(C)CNC(=O)N[C@H](CC(C)C)C(=O)O. The number of urea groups is 1. The number of rotatable bonds is 8. The number of ether oxygens (including phenoxy) is 1. The number of carboxylic acid groups (broad SMARTS) is 1. The van der Waals surface area contributed by atoms with Crippen molar-refractivity contribution in [3.05, 3.63) is 0 Å². The molecule has 0 aromatic heterocycles. The smallest absolute Gasteiger partial charge is 0.326 e. The summed E-state index contributed by atoms with van der Waals surface area (Å²) in [5.74, 6) is -0.614. The fourth-order valence-electron chi connectivity index (χ4n) is 1.51. The van der Waals surface area contributed by atoms with Crippen LogP contribution in [0.15, 0.2) is 0 Å². The normalized spacial score (nSPS) is 14.1. The summed E-state index contributed by atoms with van der Waals surface area (Å²) in [7, 11) is 1.60. The number of carboxylic acids is 1. The van der Waals surface area contributed by atoms with Gasteiger partial charge in [0.2, 0.25) is 0 Å². The van der Waals surface area contributed by atoms with Crippen molar-refractivity contribution in [3.63, 3.8) is 0 Å². The first-order valence-electron chi connectivity index (χ1n) is 6.12. The Kier molecular flexibility index (Phi) is 8.11. The standard InChI is InChI=1S/C12H24N2O4/c1-8(2)5-10(11(15)16)14-12(17)13-6-9(3)7-18-4/h8-10H,5-7H2,1-4H3,(H,15,16)(H2,13,14,17)/t9?,10-/m1/s1. The van der Waals surface area contributed by atoms with Gasteiger partial charge in [0.05, 0.1) is 6.61 Å². The van der Waals surface area contributed by atoms with E-state index in [0.29, 0.717) is 19.6 Å². The molecule has 0 radical (unpaired) electrons. The van der Waals surface area contributed by atoms with Gasteiger partial charge in [-0.05, 0) is 18.3 Å². The number of amides is 2. The Morgan fingerprint density at radius 2 is 1.89 bits per heavy atom. The summed E-state index contributed by atoms with van der Waals surface area (Å²) in [6.45, 7) is 6.77. The average molecular weight is 260 g/mol. The molecule has 0 aromatic rings. The van der Waals surface area contributed by atoms with Gasteiger partial charge in [-0.3, -0.25) is 0 Å². The molecule has 0 aromatic carbocycles. The third-order valence-electron chi connectivity index (χ3n) is 2.37. The van der Waals surface area contributed by atoms with Crippen molar-refractivity contribution < 1.29 is 19.4 Å². The molecule has 0 bridgehead atoms. The van der Waals surface area contributed by atoms with Crippen LogP contribution in [0.1, 0.15) is 27.2 Å². The van der Waals surface area contributed by atoms with Gasteiger partial charge >= 0.3 is 12.0 Å². The van der Waals surface area contributed by atoms with E-state index in [9.17, 15) is 9.59 Å². The predicted molar refractivity (Wildman–Crippen MR) is 68.5 cm³/mol. The Labute approximate surface area is 108 Å². The lowest BCUT2D eigenvalue weighted by Crippen LogP contribution is -2.47.